The van der Waals surface area contributed by atoms with Crippen molar-refractivity contribution in [3.63, 3.8) is 0 Å². The number of rotatable bonds is 4. The van der Waals surface area contributed by atoms with Gasteiger partial charge in [0.15, 0.2) is 0 Å². The number of methoxy groups -OCH3 is 1. The van der Waals surface area contributed by atoms with E-state index >= 15 is 0 Å². The van der Waals surface area contributed by atoms with Gasteiger partial charge in [-0.05, 0) is 49.1 Å². The summed E-state index contributed by atoms with van der Waals surface area (Å²) in [7, 11) is 1.72. The first kappa shape index (κ1) is 14.5. The molecule has 0 radical (unpaired) electrons. The van der Waals surface area contributed by atoms with Crippen LogP contribution in [0.25, 0.3) is 5.57 Å². The van der Waals surface area contributed by atoms with Crippen molar-refractivity contribution in [3.05, 3.63) is 29.8 Å². The molecule has 2 aliphatic rings. The lowest BCUT2D eigenvalue weighted by molar-refractivity contribution is 0.139. The summed E-state index contributed by atoms with van der Waals surface area (Å²) in [6.07, 6.45) is 4.85. The minimum Gasteiger partial charge on any atom is -0.497 e. The maximum absolute atomic E-state index is 6.00. The molecule has 0 N–H and O–H groups in total. The summed E-state index contributed by atoms with van der Waals surface area (Å²) in [6.45, 7) is 7.58. The van der Waals surface area contributed by atoms with Gasteiger partial charge in [0.25, 0.3) is 0 Å². The lowest BCUT2D eigenvalue weighted by Crippen LogP contribution is -2.47. The van der Waals surface area contributed by atoms with Gasteiger partial charge in [-0.2, -0.15) is 0 Å². The molecule has 2 aliphatic heterocycles. The number of hydrogen-bond acceptors (Lipinski definition) is 3. The van der Waals surface area contributed by atoms with Crippen molar-refractivity contribution in [2.24, 2.45) is 5.92 Å². The number of hydrogen-bond donors (Lipinski definition) is 0. The van der Waals surface area contributed by atoms with Crippen LogP contribution in [0, 0.1) is 5.92 Å². The van der Waals surface area contributed by atoms with Gasteiger partial charge < -0.3 is 9.47 Å². The van der Waals surface area contributed by atoms with Crippen LogP contribution in [0.1, 0.15) is 32.3 Å². The highest BCUT2D eigenvalue weighted by atomic mass is 16.5. The summed E-state index contributed by atoms with van der Waals surface area (Å²) in [5.41, 5.74) is 2.64. The Morgan fingerprint density at radius 2 is 2.19 bits per heavy atom. The van der Waals surface area contributed by atoms with Crippen LogP contribution < -0.4 is 9.47 Å². The van der Waals surface area contributed by atoms with E-state index in [0.717, 1.165) is 31.2 Å². The molecule has 0 unspecified atom stereocenters. The van der Waals surface area contributed by atoms with Crippen molar-refractivity contribution in [2.45, 2.75) is 32.7 Å². The van der Waals surface area contributed by atoms with E-state index in [4.69, 9.17) is 9.47 Å². The van der Waals surface area contributed by atoms with E-state index in [1.54, 1.807) is 7.11 Å². The Labute approximate surface area is 127 Å². The van der Waals surface area contributed by atoms with Gasteiger partial charge in [0.2, 0.25) is 0 Å². The third-order valence-electron chi connectivity index (χ3n) is 4.61. The van der Waals surface area contributed by atoms with Crippen molar-refractivity contribution in [1.82, 2.24) is 4.90 Å². The highest BCUT2D eigenvalue weighted by molar-refractivity contribution is 5.77. The average Bonchev–Trinajstić information content (AvgIpc) is 2.54. The maximum Gasteiger partial charge on any atom is 0.127 e. The lowest BCUT2D eigenvalue weighted by Gasteiger charge is -2.42. The third kappa shape index (κ3) is 2.67. The quantitative estimate of drug-likeness (QED) is 0.844. The number of ether oxygens (including phenoxy) is 2. The number of benzene rings is 1. The van der Waals surface area contributed by atoms with Crippen LogP contribution in [0.2, 0.25) is 0 Å². The van der Waals surface area contributed by atoms with Crippen LogP contribution in [-0.4, -0.2) is 37.7 Å². The largest absolute Gasteiger partial charge is 0.497 e. The van der Waals surface area contributed by atoms with Crippen LogP contribution in [0.3, 0.4) is 0 Å². The summed E-state index contributed by atoms with van der Waals surface area (Å²) < 4.78 is 11.4. The Morgan fingerprint density at radius 3 is 2.90 bits per heavy atom. The van der Waals surface area contributed by atoms with Gasteiger partial charge in [0.1, 0.15) is 18.1 Å². The molecule has 3 rings (SSSR count). The molecule has 3 heteroatoms. The molecule has 0 amide bonds. The molecule has 0 aliphatic carbocycles. The zero-order chi connectivity index (χ0) is 14.8. The molecule has 21 heavy (non-hydrogen) atoms. The second-order valence-electron chi connectivity index (χ2n) is 5.97. The minimum absolute atomic E-state index is 0.396. The Morgan fingerprint density at radius 1 is 1.33 bits per heavy atom. The molecule has 1 aromatic carbocycles. The molecule has 2 heterocycles. The summed E-state index contributed by atoms with van der Waals surface area (Å²) in [5, 5.41) is 0. The average molecular weight is 287 g/mol. The van der Waals surface area contributed by atoms with E-state index in [9.17, 15) is 0 Å². The molecule has 2 atom stereocenters. The maximum atomic E-state index is 6.00. The van der Waals surface area contributed by atoms with Crippen LogP contribution in [-0.2, 0) is 0 Å². The monoisotopic (exact) mass is 287 g/mol. The van der Waals surface area contributed by atoms with Gasteiger partial charge in [0, 0.05) is 12.1 Å². The predicted octanol–water partition coefficient (Wildman–Crippen LogP) is 3.59. The normalized spacial score (nSPS) is 24.6. The topological polar surface area (TPSA) is 21.7 Å². The van der Waals surface area contributed by atoms with Crippen LogP contribution in [0.4, 0.5) is 0 Å². The van der Waals surface area contributed by atoms with Crippen molar-refractivity contribution < 1.29 is 9.47 Å². The van der Waals surface area contributed by atoms with Gasteiger partial charge >= 0.3 is 0 Å². The third-order valence-corrected chi connectivity index (χ3v) is 4.61. The molecule has 1 aromatic rings. The minimum atomic E-state index is 0.396. The SMILES string of the molecule is CCCN1C[C@H](CC)C=C2c3cc(OC)ccc3OC[C@@H]21. The molecule has 0 aromatic heterocycles. The molecule has 3 nitrogen and oxygen atoms in total. The second-order valence-corrected chi connectivity index (χ2v) is 5.97. The number of fused-ring (bicyclic) bond motifs is 3. The van der Waals surface area contributed by atoms with E-state index in [1.807, 2.05) is 12.1 Å². The summed E-state index contributed by atoms with van der Waals surface area (Å²) in [6, 6.07) is 6.52. The second kappa shape index (κ2) is 6.10. The van der Waals surface area contributed by atoms with Crippen LogP contribution in [0.15, 0.2) is 24.3 Å². The summed E-state index contributed by atoms with van der Waals surface area (Å²) >= 11 is 0. The van der Waals surface area contributed by atoms with Crippen molar-refractivity contribution >= 4 is 5.57 Å². The van der Waals surface area contributed by atoms with Crippen molar-refractivity contribution in [1.29, 1.82) is 0 Å². The van der Waals surface area contributed by atoms with Gasteiger partial charge in [-0.15, -0.1) is 0 Å². The van der Waals surface area contributed by atoms with E-state index < -0.39 is 0 Å². The van der Waals surface area contributed by atoms with Gasteiger partial charge in [0.05, 0.1) is 13.2 Å². The van der Waals surface area contributed by atoms with E-state index in [2.05, 4.69) is 30.9 Å². The zero-order valence-corrected chi connectivity index (χ0v) is 13.3. The Hall–Kier alpha value is -1.48. The number of nitrogens with zero attached hydrogens (tertiary/aromatic N) is 1. The molecular formula is C18H25NO2. The van der Waals surface area contributed by atoms with Crippen LogP contribution >= 0.6 is 0 Å². The first-order valence-electron chi connectivity index (χ1n) is 8.03. The lowest BCUT2D eigenvalue weighted by atomic mass is 9.86. The Balaban J connectivity index is 2.01. The first-order chi connectivity index (χ1) is 10.3. The highest BCUT2D eigenvalue weighted by Crippen LogP contribution is 2.40. The van der Waals surface area contributed by atoms with Gasteiger partial charge in [-0.3, -0.25) is 4.90 Å². The van der Waals surface area contributed by atoms with Crippen molar-refractivity contribution in [3.8, 4) is 11.5 Å². The molecule has 0 spiro atoms. The van der Waals surface area contributed by atoms with E-state index in [1.165, 1.54) is 24.0 Å². The predicted molar refractivity (Wildman–Crippen MR) is 85.9 cm³/mol. The van der Waals surface area contributed by atoms with Crippen molar-refractivity contribution in [2.75, 3.05) is 26.8 Å². The van der Waals surface area contributed by atoms with Gasteiger partial charge in [-0.1, -0.05) is 19.9 Å². The Bertz CT molecular complexity index is 538. The Kier molecular flexibility index (Phi) is 4.20. The zero-order valence-electron chi connectivity index (χ0n) is 13.3. The van der Waals surface area contributed by atoms with Gasteiger partial charge in [-0.25, -0.2) is 0 Å². The molecule has 0 saturated heterocycles. The molecule has 0 fully saturated rings. The van der Waals surface area contributed by atoms with Crippen LogP contribution in [0.5, 0.6) is 11.5 Å². The fourth-order valence-corrected chi connectivity index (χ4v) is 3.44. The summed E-state index contributed by atoms with van der Waals surface area (Å²) in [4.78, 5) is 2.59. The fraction of sp³-hybridized carbons (Fsp3) is 0.556. The molecule has 0 saturated carbocycles. The summed E-state index contributed by atoms with van der Waals surface area (Å²) in [5.74, 6) is 2.53. The van der Waals surface area contributed by atoms with E-state index in [0.29, 0.717) is 12.0 Å². The highest BCUT2D eigenvalue weighted by Gasteiger charge is 2.34. The molecule has 0 bridgehead atoms. The first-order valence-corrected chi connectivity index (χ1v) is 8.03. The molecular weight excluding hydrogens is 262 g/mol. The molecule has 114 valence electrons. The fourth-order valence-electron chi connectivity index (χ4n) is 3.44. The van der Waals surface area contributed by atoms with E-state index in [-0.39, 0.29) is 0 Å². The standard InChI is InChI=1S/C18H25NO2/c1-4-8-19-11-13(5-2)9-15-16-10-14(20-3)6-7-18(16)21-12-17(15)19/h6-7,9-10,13,17H,4-5,8,11-12H2,1-3H3/t13-,17+/m1/s1. The smallest absolute Gasteiger partial charge is 0.127 e.